The second kappa shape index (κ2) is 17.0. The van der Waals surface area contributed by atoms with Crippen LogP contribution in [0.25, 0.3) is 0 Å². The summed E-state index contributed by atoms with van der Waals surface area (Å²) in [4.78, 5) is 64.6. The van der Waals surface area contributed by atoms with Gasteiger partial charge in [-0.2, -0.15) is 11.8 Å². The minimum atomic E-state index is -1.02. The molecule has 2 aromatic rings. The van der Waals surface area contributed by atoms with Gasteiger partial charge in [-0.25, -0.2) is 0 Å². The van der Waals surface area contributed by atoms with Crippen molar-refractivity contribution in [3.05, 3.63) is 65.7 Å². The van der Waals surface area contributed by atoms with Gasteiger partial charge in [0.2, 0.25) is 29.5 Å². The molecule has 4 atom stereocenters. The topological polar surface area (TPSA) is 197 Å². The zero-order valence-electron chi connectivity index (χ0n) is 24.0. The van der Waals surface area contributed by atoms with E-state index >= 15 is 0 Å². The number of carbonyl (C=O) groups is 5. The number of benzene rings is 2. The van der Waals surface area contributed by atoms with Crippen LogP contribution < -0.4 is 27.4 Å². The number of nitrogens with two attached hydrogens (primary N) is 2. The lowest BCUT2D eigenvalue weighted by Gasteiger charge is -2.30. The van der Waals surface area contributed by atoms with E-state index in [4.69, 9.17) is 11.5 Å². The zero-order chi connectivity index (χ0) is 31.2. The first-order valence-corrected chi connectivity index (χ1v) is 14.8. The third kappa shape index (κ3) is 11.1. The van der Waals surface area contributed by atoms with E-state index in [1.807, 2.05) is 24.5 Å². The van der Waals surface area contributed by atoms with Crippen molar-refractivity contribution in [3.8, 4) is 5.75 Å². The highest BCUT2D eigenvalue weighted by molar-refractivity contribution is 7.98. The van der Waals surface area contributed by atoms with E-state index in [1.165, 1.54) is 42.8 Å². The quantitative estimate of drug-likeness (QED) is 0.151. The van der Waals surface area contributed by atoms with Gasteiger partial charge < -0.3 is 37.4 Å². The first-order valence-electron chi connectivity index (χ1n) is 13.4. The summed E-state index contributed by atoms with van der Waals surface area (Å²) < 4.78 is 0. The fourth-order valence-electron chi connectivity index (χ4n) is 4.14. The van der Waals surface area contributed by atoms with Gasteiger partial charge in [0.1, 0.15) is 23.9 Å². The maximum atomic E-state index is 13.4. The van der Waals surface area contributed by atoms with Crippen molar-refractivity contribution < 1.29 is 29.1 Å². The van der Waals surface area contributed by atoms with E-state index < -0.39 is 60.2 Å². The van der Waals surface area contributed by atoms with Gasteiger partial charge in [-0.15, -0.1) is 0 Å². The second-order valence-corrected chi connectivity index (χ2v) is 10.9. The number of rotatable bonds is 16. The van der Waals surface area contributed by atoms with E-state index in [2.05, 4.69) is 16.0 Å². The molecule has 2 aromatic carbocycles. The monoisotopic (exact) mass is 600 g/mol. The predicted octanol–water partition coefficient (Wildman–Crippen LogP) is -0.324. The highest BCUT2D eigenvalue weighted by Gasteiger charge is 2.31. The molecule has 228 valence electrons. The number of amides is 5. The molecule has 0 saturated heterocycles. The molecule has 0 aliphatic heterocycles. The van der Waals surface area contributed by atoms with Crippen LogP contribution in [0.2, 0.25) is 0 Å². The number of primary amides is 1. The molecule has 0 radical (unpaired) electrons. The Morgan fingerprint density at radius 2 is 1.55 bits per heavy atom. The molecular formula is C29H40N6O6S. The lowest BCUT2D eigenvalue weighted by atomic mass is 10.0. The summed E-state index contributed by atoms with van der Waals surface area (Å²) in [7, 11) is 1.47. The largest absolute Gasteiger partial charge is 0.508 e. The van der Waals surface area contributed by atoms with Crippen molar-refractivity contribution in [1.29, 1.82) is 0 Å². The van der Waals surface area contributed by atoms with E-state index in [-0.39, 0.29) is 18.6 Å². The second-order valence-electron chi connectivity index (χ2n) is 9.88. The number of phenolic OH excluding ortho intramolecular Hbond substituents is 1. The number of carbonyl (C=O) groups excluding carboxylic acids is 5. The molecule has 0 spiro atoms. The number of nitrogens with zero attached hydrogens (tertiary/aromatic N) is 1. The highest BCUT2D eigenvalue weighted by atomic mass is 32.2. The number of phenols is 1. The van der Waals surface area contributed by atoms with E-state index in [0.717, 1.165) is 11.1 Å². The smallest absolute Gasteiger partial charge is 0.245 e. The SMILES string of the molecule is CSCCC(C(N)=O)N(C)C(=O)C(Cc1ccccc1)NC(=O)CNC(=O)C(C)NC(=O)C(N)Cc1ccc(O)cc1. The molecule has 0 aliphatic rings. The first kappa shape index (κ1) is 34.1. The first-order chi connectivity index (χ1) is 19.9. The summed E-state index contributed by atoms with van der Waals surface area (Å²) in [6.07, 6.45) is 2.60. The molecule has 0 saturated carbocycles. The predicted molar refractivity (Wildman–Crippen MR) is 161 cm³/mol. The summed E-state index contributed by atoms with van der Waals surface area (Å²) in [5.74, 6) is -2.24. The van der Waals surface area contributed by atoms with E-state index in [9.17, 15) is 29.1 Å². The molecule has 8 N–H and O–H groups in total. The summed E-state index contributed by atoms with van der Waals surface area (Å²) in [6, 6.07) is 11.5. The number of hydrogen-bond donors (Lipinski definition) is 6. The third-order valence-corrected chi connectivity index (χ3v) is 7.20. The summed E-state index contributed by atoms with van der Waals surface area (Å²) in [5, 5.41) is 17.0. The van der Waals surface area contributed by atoms with Gasteiger partial charge in [-0.05, 0) is 55.0 Å². The molecular weight excluding hydrogens is 560 g/mol. The molecule has 12 nitrogen and oxygen atoms in total. The fraction of sp³-hybridized carbons (Fsp3) is 0.414. The standard InChI is InChI=1S/C29H40N6O6S/c1-18(33-28(40)22(30)15-20-9-11-21(36)12-10-20)27(39)32-17-25(37)34-23(16-19-7-5-4-6-8-19)29(41)35(2)24(26(31)38)13-14-42-3/h4-12,18,22-24,36H,13-17,30H2,1-3H3,(H2,31,38)(H,32,39)(H,33,40)(H,34,37). The molecule has 0 aromatic heterocycles. The van der Waals surface area contributed by atoms with Gasteiger partial charge in [0.05, 0.1) is 12.6 Å². The van der Waals surface area contributed by atoms with Crippen molar-refractivity contribution in [2.45, 2.75) is 50.4 Å². The van der Waals surface area contributed by atoms with Crippen LogP contribution in [0.1, 0.15) is 24.5 Å². The average molecular weight is 601 g/mol. The maximum absolute atomic E-state index is 13.4. The van der Waals surface area contributed by atoms with Gasteiger partial charge in [0, 0.05) is 13.5 Å². The number of likely N-dealkylation sites (N-methyl/N-ethyl adjacent to an activating group) is 1. The van der Waals surface area contributed by atoms with Crippen molar-refractivity contribution in [2.24, 2.45) is 11.5 Å². The van der Waals surface area contributed by atoms with Crippen LogP contribution in [-0.2, 0) is 36.8 Å². The fourth-order valence-corrected chi connectivity index (χ4v) is 4.59. The van der Waals surface area contributed by atoms with Crippen LogP contribution in [0.15, 0.2) is 54.6 Å². The van der Waals surface area contributed by atoms with Crippen molar-refractivity contribution in [2.75, 3.05) is 25.6 Å². The molecule has 0 bridgehead atoms. The van der Waals surface area contributed by atoms with Crippen LogP contribution >= 0.6 is 11.8 Å². The number of thioether (sulfide) groups is 1. The Balaban J connectivity index is 1.98. The normalized spacial score (nSPS) is 13.6. The molecule has 13 heteroatoms. The Morgan fingerprint density at radius 1 is 0.929 bits per heavy atom. The highest BCUT2D eigenvalue weighted by Crippen LogP contribution is 2.12. The van der Waals surface area contributed by atoms with Crippen molar-refractivity contribution in [3.63, 3.8) is 0 Å². The Morgan fingerprint density at radius 3 is 2.14 bits per heavy atom. The lowest BCUT2D eigenvalue weighted by Crippen LogP contribution is -2.56. The Kier molecular flexibility index (Phi) is 13.8. The minimum absolute atomic E-state index is 0.0925. The molecule has 0 fully saturated rings. The molecule has 5 amide bonds. The van der Waals surface area contributed by atoms with Gasteiger partial charge in [0.25, 0.3) is 0 Å². The Bertz CT molecular complexity index is 1210. The van der Waals surface area contributed by atoms with Gasteiger partial charge in [-0.1, -0.05) is 42.5 Å². The lowest BCUT2D eigenvalue weighted by molar-refractivity contribution is -0.141. The summed E-state index contributed by atoms with van der Waals surface area (Å²) in [5.41, 5.74) is 13.0. The zero-order valence-corrected chi connectivity index (χ0v) is 24.9. The van der Waals surface area contributed by atoms with Gasteiger partial charge in [0.15, 0.2) is 0 Å². The number of aromatic hydroxyl groups is 1. The van der Waals surface area contributed by atoms with Crippen molar-refractivity contribution >= 4 is 41.3 Å². The van der Waals surface area contributed by atoms with Crippen LogP contribution in [0.3, 0.4) is 0 Å². The van der Waals surface area contributed by atoms with Gasteiger partial charge in [-0.3, -0.25) is 24.0 Å². The van der Waals surface area contributed by atoms with Gasteiger partial charge >= 0.3 is 0 Å². The van der Waals surface area contributed by atoms with E-state index in [0.29, 0.717) is 12.2 Å². The number of hydrogen-bond acceptors (Lipinski definition) is 8. The Labute approximate surface area is 250 Å². The third-order valence-electron chi connectivity index (χ3n) is 6.56. The molecule has 0 heterocycles. The van der Waals surface area contributed by atoms with Crippen LogP contribution in [0.5, 0.6) is 5.75 Å². The maximum Gasteiger partial charge on any atom is 0.245 e. The van der Waals surface area contributed by atoms with Crippen LogP contribution in [0, 0.1) is 0 Å². The Hall–Kier alpha value is -4.10. The number of nitrogens with one attached hydrogen (secondary N) is 3. The summed E-state index contributed by atoms with van der Waals surface area (Å²) >= 11 is 1.52. The van der Waals surface area contributed by atoms with E-state index in [1.54, 1.807) is 24.3 Å². The average Bonchev–Trinajstić information content (AvgIpc) is 2.96. The summed E-state index contributed by atoms with van der Waals surface area (Å²) in [6.45, 7) is 1.00. The van der Waals surface area contributed by atoms with Crippen molar-refractivity contribution in [1.82, 2.24) is 20.9 Å². The molecule has 42 heavy (non-hydrogen) atoms. The van der Waals surface area contributed by atoms with Crippen LogP contribution in [0.4, 0.5) is 0 Å². The molecule has 0 aliphatic carbocycles. The van der Waals surface area contributed by atoms with Crippen LogP contribution in [-0.4, -0.2) is 89.3 Å². The molecule has 2 rings (SSSR count). The minimum Gasteiger partial charge on any atom is -0.508 e. The molecule has 4 unspecified atom stereocenters.